The molecule has 1 rings (SSSR count). The fourth-order valence-electron chi connectivity index (χ4n) is 1.32. The number of anilines is 1. The molecule has 90 valence electrons. The van der Waals surface area contributed by atoms with Crippen molar-refractivity contribution in [1.29, 1.82) is 0 Å². The zero-order valence-corrected chi connectivity index (χ0v) is 10.5. The van der Waals surface area contributed by atoms with Crippen LogP contribution in [0.15, 0.2) is 11.6 Å². The van der Waals surface area contributed by atoms with Gasteiger partial charge in [-0.1, -0.05) is 13.8 Å². The van der Waals surface area contributed by atoms with Gasteiger partial charge in [-0.05, 0) is 12.3 Å². The monoisotopic (exact) mass is 242 g/mol. The quantitative estimate of drug-likeness (QED) is 0.798. The van der Waals surface area contributed by atoms with Crippen LogP contribution in [0.25, 0.3) is 0 Å². The molecule has 1 aromatic heterocycles. The zero-order chi connectivity index (χ0) is 12.0. The Kier molecular flexibility index (Phi) is 5.25. The predicted molar refractivity (Wildman–Crippen MR) is 66.0 cm³/mol. The lowest BCUT2D eigenvalue weighted by atomic mass is 10.1. The molecule has 0 aliphatic rings. The minimum absolute atomic E-state index is 0.164. The van der Waals surface area contributed by atoms with E-state index in [-0.39, 0.29) is 6.42 Å². The average molecular weight is 242 g/mol. The summed E-state index contributed by atoms with van der Waals surface area (Å²) >= 11 is 1.56. The van der Waals surface area contributed by atoms with Gasteiger partial charge in [0.15, 0.2) is 5.13 Å². The number of carboxylic acids is 1. The largest absolute Gasteiger partial charge is 0.481 e. The lowest BCUT2D eigenvalue weighted by Crippen LogP contribution is -2.27. The molecule has 0 fully saturated rings. The van der Waals surface area contributed by atoms with Crippen LogP contribution < -0.4 is 4.90 Å². The van der Waals surface area contributed by atoms with Crippen molar-refractivity contribution in [2.45, 2.75) is 26.7 Å². The van der Waals surface area contributed by atoms with Gasteiger partial charge >= 0.3 is 5.97 Å². The van der Waals surface area contributed by atoms with E-state index in [2.05, 4.69) is 23.7 Å². The molecule has 5 heteroatoms. The highest BCUT2D eigenvalue weighted by Crippen LogP contribution is 2.18. The fourth-order valence-corrected chi connectivity index (χ4v) is 2.02. The molecule has 0 unspecified atom stereocenters. The van der Waals surface area contributed by atoms with Gasteiger partial charge in [0, 0.05) is 24.7 Å². The Balaban J connectivity index is 2.51. The Bertz CT molecular complexity index is 312. The van der Waals surface area contributed by atoms with Crippen molar-refractivity contribution in [1.82, 2.24) is 4.98 Å². The lowest BCUT2D eigenvalue weighted by molar-refractivity contribution is -0.136. The molecule has 0 aliphatic heterocycles. The van der Waals surface area contributed by atoms with Crippen molar-refractivity contribution < 1.29 is 9.90 Å². The minimum Gasteiger partial charge on any atom is -0.481 e. The summed E-state index contributed by atoms with van der Waals surface area (Å²) in [5, 5.41) is 11.5. The zero-order valence-electron chi connectivity index (χ0n) is 9.72. The molecule has 0 amide bonds. The van der Waals surface area contributed by atoms with E-state index in [1.165, 1.54) is 0 Å². The summed E-state index contributed by atoms with van der Waals surface area (Å²) in [6.07, 6.45) is 2.97. The maximum Gasteiger partial charge on any atom is 0.305 e. The van der Waals surface area contributed by atoms with Gasteiger partial charge in [-0.3, -0.25) is 4.79 Å². The first kappa shape index (κ1) is 13.0. The van der Waals surface area contributed by atoms with Gasteiger partial charge < -0.3 is 10.0 Å². The summed E-state index contributed by atoms with van der Waals surface area (Å²) in [6, 6.07) is 0. The molecule has 0 aliphatic carbocycles. The molecular weight excluding hydrogens is 224 g/mol. The summed E-state index contributed by atoms with van der Waals surface area (Å²) < 4.78 is 0. The number of hydrogen-bond donors (Lipinski definition) is 1. The first-order valence-corrected chi connectivity index (χ1v) is 6.33. The van der Waals surface area contributed by atoms with Gasteiger partial charge in [0.2, 0.25) is 0 Å². The first-order chi connectivity index (χ1) is 7.59. The second-order valence-corrected chi connectivity index (χ2v) is 5.00. The van der Waals surface area contributed by atoms with Gasteiger partial charge in [0.25, 0.3) is 0 Å². The number of aliphatic carboxylic acids is 1. The van der Waals surface area contributed by atoms with E-state index in [0.29, 0.717) is 12.5 Å². The molecular formula is C11H18N2O2S. The average Bonchev–Trinajstić information content (AvgIpc) is 2.70. The van der Waals surface area contributed by atoms with Gasteiger partial charge in [-0.2, -0.15) is 0 Å². The molecule has 0 aromatic carbocycles. The summed E-state index contributed by atoms with van der Waals surface area (Å²) in [6.45, 7) is 5.74. The number of nitrogens with zero attached hydrogens (tertiary/aromatic N) is 2. The Labute approximate surface area is 99.9 Å². The van der Waals surface area contributed by atoms with Gasteiger partial charge in [0.1, 0.15) is 0 Å². The normalized spacial score (nSPS) is 10.7. The molecule has 0 saturated carbocycles. The van der Waals surface area contributed by atoms with Crippen molar-refractivity contribution in [3.05, 3.63) is 11.6 Å². The van der Waals surface area contributed by atoms with Crippen LogP contribution in [0.4, 0.5) is 5.13 Å². The summed E-state index contributed by atoms with van der Waals surface area (Å²) in [7, 11) is 0. The molecule has 0 atom stereocenters. The van der Waals surface area contributed by atoms with Crippen molar-refractivity contribution in [3.8, 4) is 0 Å². The molecule has 0 radical (unpaired) electrons. The molecule has 1 N–H and O–H groups in total. The van der Waals surface area contributed by atoms with Crippen LogP contribution in [0.1, 0.15) is 26.7 Å². The highest BCUT2D eigenvalue weighted by molar-refractivity contribution is 7.13. The fraction of sp³-hybridized carbons (Fsp3) is 0.636. The van der Waals surface area contributed by atoms with Crippen LogP contribution in [-0.2, 0) is 4.79 Å². The summed E-state index contributed by atoms with van der Waals surface area (Å²) in [5.41, 5.74) is 0. The van der Waals surface area contributed by atoms with Crippen LogP contribution in [0.2, 0.25) is 0 Å². The van der Waals surface area contributed by atoms with Crippen molar-refractivity contribution >= 4 is 22.4 Å². The predicted octanol–water partition coefficient (Wildman–Crippen LogP) is 2.47. The Morgan fingerprint density at radius 1 is 1.56 bits per heavy atom. The van der Waals surface area contributed by atoms with Gasteiger partial charge in [-0.15, -0.1) is 11.3 Å². The molecule has 0 bridgehead atoms. The first-order valence-electron chi connectivity index (χ1n) is 5.46. The third-order valence-corrected chi connectivity index (χ3v) is 3.09. The van der Waals surface area contributed by atoms with Crippen molar-refractivity contribution in [2.24, 2.45) is 5.92 Å². The number of rotatable bonds is 7. The molecule has 0 spiro atoms. The third kappa shape index (κ3) is 4.61. The molecule has 1 heterocycles. The van der Waals surface area contributed by atoms with Crippen molar-refractivity contribution in [2.75, 3.05) is 18.0 Å². The smallest absolute Gasteiger partial charge is 0.305 e. The third-order valence-electron chi connectivity index (χ3n) is 2.26. The van der Waals surface area contributed by atoms with Crippen LogP contribution in [0.5, 0.6) is 0 Å². The number of aromatic nitrogens is 1. The number of hydrogen-bond acceptors (Lipinski definition) is 4. The summed E-state index contributed by atoms with van der Waals surface area (Å²) in [4.78, 5) is 16.8. The topological polar surface area (TPSA) is 53.4 Å². The standard InChI is InChI=1S/C11H18N2O2S/c1-9(2)3-6-13(7-4-10(14)15)11-12-5-8-16-11/h5,8-9H,3-4,6-7H2,1-2H3,(H,14,15). The lowest BCUT2D eigenvalue weighted by Gasteiger charge is -2.21. The van der Waals surface area contributed by atoms with E-state index in [0.717, 1.165) is 18.1 Å². The second-order valence-electron chi connectivity index (χ2n) is 4.13. The molecule has 1 aromatic rings. The highest BCUT2D eigenvalue weighted by Gasteiger charge is 2.11. The Hall–Kier alpha value is -1.10. The molecule has 4 nitrogen and oxygen atoms in total. The Morgan fingerprint density at radius 3 is 2.81 bits per heavy atom. The molecule has 0 saturated heterocycles. The maximum absolute atomic E-state index is 10.6. The maximum atomic E-state index is 10.6. The highest BCUT2D eigenvalue weighted by atomic mass is 32.1. The number of thiazole rings is 1. The van der Waals surface area contributed by atoms with Crippen molar-refractivity contribution in [3.63, 3.8) is 0 Å². The second kappa shape index (κ2) is 6.48. The van der Waals surface area contributed by atoms with Crippen LogP contribution in [-0.4, -0.2) is 29.1 Å². The van der Waals surface area contributed by atoms with E-state index in [1.54, 1.807) is 17.5 Å². The van der Waals surface area contributed by atoms with Gasteiger partial charge in [0.05, 0.1) is 6.42 Å². The van der Waals surface area contributed by atoms with E-state index < -0.39 is 5.97 Å². The van der Waals surface area contributed by atoms with Crippen LogP contribution in [0.3, 0.4) is 0 Å². The summed E-state index contributed by atoms with van der Waals surface area (Å²) in [5.74, 6) is -0.140. The Morgan fingerprint density at radius 2 is 2.31 bits per heavy atom. The van der Waals surface area contributed by atoms with Crippen LogP contribution in [0, 0.1) is 5.92 Å². The number of carbonyl (C=O) groups is 1. The van der Waals surface area contributed by atoms with E-state index in [1.807, 2.05) is 5.38 Å². The van der Waals surface area contributed by atoms with Gasteiger partial charge in [-0.25, -0.2) is 4.98 Å². The van der Waals surface area contributed by atoms with E-state index >= 15 is 0 Å². The van der Waals surface area contributed by atoms with E-state index in [9.17, 15) is 4.79 Å². The number of carboxylic acid groups (broad SMARTS) is 1. The minimum atomic E-state index is -0.758. The van der Waals surface area contributed by atoms with Crippen LogP contribution >= 0.6 is 11.3 Å². The SMILES string of the molecule is CC(C)CCN(CCC(=O)O)c1nccs1. The van der Waals surface area contributed by atoms with E-state index in [4.69, 9.17) is 5.11 Å². The molecule has 16 heavy (non-hydrogen) atoms.